The van der Waals surface area contributed by atoms with Crippen molar-refractivity contribution in [2.45, 2.75) is 19.3 Å². The summed E-state index contributed by atoms with van der Waals surface area (Å²) in [6, 6.07) is 2.20. The molecular formula is C18H22N8O. The van der Waals surface area contributed by atoms with Gasteiger partial charge in [-0.25, -0.2) is 0 Å². The van der Waals surface area contributed by atoms with Crippen molar-refractivity contribution in [3.05, 3.63) is 33.9 Å². The van der Waals surface area contributed by atoms with E-state index in [-0.39, 0.29) is 5.56 Å². The second kappa shape index (κ2) is 6.04. The summed E-state index contributed by atoms with van der Waals surface area (Å²) in [6.45, 7) is 2.63. The number of aryl methyl sites for hydroxylation is 3. The molecule has 140 valence electrons. The number of hydrogen-bond acceptors (Lipinski definition) is 7. The number of fused-ring (bicyclic) bond motifs is 2. The lowest BCUT2D eigenvalue weighted by atomic mass is 10.00. The molecule has 1 N–H and O–H groups in total. The molecule has 2 aliphatic rings. The molecule has 1 aliphatic heterocycles. The first-order valence-corrected chi connectivity index (χ1v) is 9.33. The summed E-state index contributed by atoms with van der Waals surface area (Å²) in [5.74, 6) is 2.04. The Morgan fingerprint density at radius 3 is 2.93 bits per heavy atom. The zero-order chi connectivity index (χ0) is 18.5. The number of anilines is 2. The first-order valence-electron chi connectivity index (χ1n) is 9.33. The molecule has 1 fully saturated rings. The number of aromatic nitrogens is 6. The van der Waals surface area contributed by atoms with Gasteiger partial charge in [0.05, 0.1) is 11.9 Å². The molecule has 9 nitrogen and oxygen atoms in total. The van der Waals surface area contributed by atoms with Gasteiger partial charge in [-0.15, -0.1) is 5.10 Å². The van der Waals surface area contributed by atoms with E-state index in [0.717, 1.165) is 44.0 Å². The Morgan fingerprint density at radius 2 is 2.07 bits per heavy atom. The van der Waals surface area contributed by atoms with Gasteiger partial charge >= 0.3 is 0 Å². The second-order valence-corrected chi connectivity index (χ2v) is 7.48. The van der Waals surface area contributed by atoms with Crippen LogP contribution in [-0.4, -0.2) is 49.2 Å². The van der Waals surface area contributed by atoms with Crippen molar-refractivity contribution < 1.29 is 0 Å². The van der Waals surface area contributed by atoms with Gasteiger partial charge in [0.2, 0.25) is 5.95 Å². The molecule has 0 atom stereocenters. The highest BCUT2D eigenvalue weighted by molar-refractivity contribution is 5.74. The highest BCUT2D eigenvalue weighted by atomic mass is 16.1. The number of nitrogens with zero attached hydrogens (tertiary/aromatic N) is 7. The first-order chi connectivity index (χ1) is 13.1. The minimum absolute atomic E-state index is 0.0840. The minimum Gasteiger partial charge on any atom is -0.355 e. The SMILES string of the molecule is Cn1c(NCC2CN(c3cc4c(nn3)CCC4)C2)nc2c(cnn2C)c1=O. The second-order valence-electron chi connectivity index (χ2n) is 7.48. The third-order valence-electron chi connectivity index (χ3n) is 5.61. The van der Waals surface area contributed by atoms with Crippen LogP contribution >= 0.6 is 0 Å². The number of rotatable bonds is 4. The maximum Gasteiger partial charge on any atom is 0.265 e. The standard InChI is InChI=1S/C18H22N8O/c1-24-17(27)13-8-20-25(2)16(13)21-18(24)19-7-11-9-26(10-11)15-6-12-4-3-5-14(12)22-23-15/h6,8,11H,3-5,7,9-10H2,1-2H3,(H,19,21). The Kier molecular flexibility index (Phi) is 3.63. The van der Waals surface area contributed by atoms with Crippen molar-refractivity contribution in [3.8, 4) is 0 Å². The largest absolute Gasteiger partial charge is 0.355 e. The summed E-state index contributed by atoms with van der Waals surface area (Å²) >= 11 is 0. The Bertz CT molecular complexity index is 1080. The van der Waals surface area contributed by atoms with Crippen LogP contribution in [-0.2, 0) is 26.9 Å². The van der Waals surface area contributed by atoms with Crippen LogP contribution in [0.2, 0.25) is 0 Å². The molecule has 5 rings (SSSR count). The first kappa shape index (κ1) is 16.2. The van der Waals surface area contributed by atoms with Gasteiger partial charge in [0, 0.05) is 39.6 Å². The topological polar surface area (TPSA) is 93.8 Å². The average Bonchev–Trinajstić information content (AvgIpc) is 3.24. The lowest BCUT2D eigenvalue weighted by Gasteiger charge is -2.40. The van der Waals surface area contributed by atoms with Gasteiger partial charge in [-0.05, 0) is 30.9 Å². The van der Waals surface area contributed by atoms with Gasteiger partial charge in [0.25, 0.3) is 5.56 Å². The van der Waals surface area contributed by atoms with E-state index in [9.17, 15) is 4.79 Å². The predicted molar refractivity (Wildman–Crippen MR) is 102 cm³/mol. The van der Waals surface area contributed by atoms with Crippen LogP contribution in [0, 0.1) is 5.92 Å². The number of hydrogen-bond donors (Lipinski definition) is 1. The van der Waals surface area contributed by atoms with Crippen LogP contribution < -0.4 is 15.8 Å². The molecule has 0 radical (unpaired) electrons. The maximum atomic E-state index is 12.4. The van der Waals surface area contributed by atoms with E-state index >= 15 is 0 Å². The fraction of sp³-hybridized carbons (Fsp3) is 0.500. The molecule has 0 bridgehead atoms. The lowest BCUT2D eigenvalue weighted by Crippen LogP contribution is -2.50. The Labute approximate surface area is 156 Å². The quantitative estimate of drug-likeness (QED) is 0.718. The van der Waals surface area contributed by atoms with E-state index in [1.807, 2.05) is 0 Å². The normalized spacial score (nSPS) is 16.6. The summed E-state index contributed by atoms with van der Waals surface area (Å²) in [4.78, 5) is 19.2. The summed E-state index contributed by atoms with van der Waals surface area (Å²) in [6.07, 6.45) is 4.93. The van der Waals surface area contributed by atoms with E-state index in [4.69, 9.17) is 0 Å². The zero-order valence-electron chi connectivity index (χ0n) is 15.5. The molecule has 1 aliphatic carbocycles. The molecule has 1 saturated heterocycles. The summed E-state index contributed by atoms with van der Waals surface area (Å²) in [5.41, 5.74) is 3.03. The van der Waals surface area contributed by atoms with E-state index < -0.39 is 0 Å². The van der Waals surface area contributed by atoms with Crippen LogP contribution in [0.3, 0.4) is 0 Å². The monoisotopic (exact) mass is 366 g/mol. The summed E-state index contributed by atoms with van der Waals surface area (Å²) in [7, 11) is 3.53. The van der Waals surface area contributed by atoms with Gasteiger partial charge in [0.1, 0.15) is 5.39 Å². The van der Waals surface area contributed by atoms with Crippen LogP contribution in [0.5, 0.6) is 0 Å². The molecule has 9 heteroatoms. The van der Waals surface area contributed by atoms with Crippen LogP contribution in [0.25, 0.3) is 11.0 Å². The van der Waals surface area contributed by atoms with Gasteiger partial charge < -0.3 is 10.2 Å². The molecule has 4 heterocycles. The smallest absolute Gasteiger partial charge is 0.265 e. The molecule has 0 amide bonds. The third kappa shape index (κ3) is 2.65. The van der Waals surface area contributed by atoms with Crippen molar-refractivity contribution in [1.82, 2.24) is 29.5 Å². The third-order valence-corrected chi connectivity index (χ3v) is 5.61. The van der Waals surface area contributed by atoms with E-state index in [1.165, 1.54) is 12.0 Å². The molecular weight excluding hydrogens is 344 g/mol. The van der Waals surface area contributed by atoms with Gasteiger partial charge in [-0.3, -0.25) is 14.0 Å². The predicted octanol–water partition coefficient (Wildman–Crippen LogP) is 0.494. The molecule has 3 aromatic rings. The van der Waals surface area contributed by atoms with Gasteiger partial charge in [0.15, 0.2) is 11.5 Å². The minimum atomic E-state index is -0.0840. The van der Waals surface area contributed by atoms with Gasteiger partial charge in [-0.2, -0.15) is 15.2 Å². The Hall–Kier alpha value is -2.97. The molecule has 0 unspecified atom stereocenters. The lowest BCUT2D eigenvalue weighted by molar-refractivity contribution is 0.424. The van der Waals surface area contributed by atoms with E-state index in [1.54, 1.807) is 29.5 Å². The highest BCUT2D eigenvalue weighted by Gasteiger charge is 2.29. The van der Waals surface area contributed by atoms with Crippen molar-refractivity contribution in [1.29, 1.82) is 0 Å². The summed E-state index contributed by atoms with van der Waals surface area (Å²) < 4.78 is 3.17. The molecule has 0 spiro atoms. The highest BCUT2D eigenvalue weighted by Crippen LogP contribution is 2.27. The fourth-order valence-electron chi connectivity index (χ4n) is 3.92. The zero-order valence-corrected chi connectivity index (χ0v) is 15.5. The van der Waals surface area contributed by atoms with E-state index in [0.29, 0.717) is 22.9 Å². The molecule has 3 aromatic heterocycles. The van der Waals surface area contributed by atoms with Crippen molar-refractivity contribution in [3.63, 3.8) is 0 Å². The van der Waals surface area contributed by atoms with Crippen LogP contribution in [0.1, 0.15) is 17.7 Å². The van der Waals surface area contributed by atoms with Crippen LogP contribution in [0.4, 0.5) is 11.8 Å². The average molecular weight is 366 g/mol. The molecule has 0 saturated carbocycles. The summed E-state index contributed by atoms with van der Waals surface area (Å²) in [5, 5.41) is 16.7. The maximum absolute atomic E-state index is 12.4. The van der Waals surface area contributed by atoms with Crippen molar-refractivity contribution in [2.75, 3.05) is 29.9 Å². The van der Waals surface area contributed by atoms with E-state index in [2.05, 4.69) is 36.6 Å². The fourth-order valence-corrected chi connectivity index (χ4v) is 3.92. The Morgan fingerprint density at radius 1 is 1.22 bits per heavy atom. The molecule has 0 aromatic carbocycles. The van der Waals surface area contributed by atoms with Crippen molar-refractivity contribution in [2.24, 2.45) is 20.0 Å². The van der Waals surface area contributed by atoms with Crippen LogP contribution in [0.15, 0.2) is 17.1 Å². The number of nitrogens with one attached hydrogen (secondary N) is 1. The van der Waals surface area contributed by atoms with Crippen molar-refractivity contribution >= 4 is 22.8 Å². The Balaban J connectivity index is 1.25. The molecule has 27 heavy (non-hydrogen) atoms. The van der Waals surface area contributed by atoms with Gasteiger partial charge in [-0.1, -0.05) is 0 Å².